The molecule has 0 bridgehead atoms. The number of fused-ring (bicyclic) bond motifs is 1. The van der Waals surface area contributed by atoms with Crippen molar-refractivity contribution in [2.24, 2.45) is 0 Å². The van der Waals surface area contributed by atoms with Crippen LogP contribution in [-0.4, -0.2) is 10.5 Å². The number of benzene rings is 1. The van der Waals surface area contributed by atoms with Gasteiger partial charge in [0.1, 0.15) is 11.4 Å². The van der Waals surface area contributed by atoms with Gasteiger partial charge in [0, 0.05) is 6.42 Å². The molecule has 2 aliphatic rings. The summed E-state index contributed by atoms with van der Waals surface area (Å²) in [6, 6.07) is 4.18. The van der Waals surface area contributed by atoms with E-state index >= 15 is 0 Å². The molecule has 2 atom stereocenters. The third-order valence-corrected chi connectivity index (χ3v) is 6.49. The van der Waals surface area contributed by atoms with Gasteiger partial charge in [-0.15, -0.1) is 0 Å². The average Bonchev–Trinajstić information content (AvgIpc) is 2.73. The molecule has 1 spiro atoms. The highest BCUT2D eigenvalue weighted by atomic mass is 31.2. The molecule has 1 aromatic carbocycles. The molecule has 3 rings (SSSR count). The van der Waals surface area contributed by atoms with Crippen LogP contribution in [0.25, 0.3) is 0 Å². The van der Waals surface area contributed by atoms with Crippen molar-refractivity contribution in [3.8, 4) is 5.75 Å². The van der Waals surface area contributed by atoms with Gasteiger partial charge < -0.3 is 4.52 Å². The number of aryl methyl sites for hydroxylation is 2. The predicted molar refractivity (Wildman–Crippen MR) is 105 cm³/mol. The lowest BCUT2D eigenvalue weighted by Crippen LogP contribution is -2.37. The third kappa shape index (κ3) is 3.55. The fourth-order valence-electron chi connectivity index (χ4n) is 4.03. The molecule has 0 amide bonds. The van der Waals surface area contributed by atoms with Crippen molar-refractivity contribution < 1.29 is 18.5 Å². The van der Waals surface area contributed by atoms with E-state index in [9.17, 15) is 9.46 Å². The molecule has 0 radical (unpaired) electrons. The quantitative estimate of drug-likeness (QED) is 0.687. The predicted octanol–water partition coefficient (Wildman–Crippen LogP) is 5.68. The minimum absolute atomic E-state index is 0.535. The van der Waals surface area contributed by atoms with Crippen molar-refractivity contribution >= 4 is 7.82 Å². The Kier molecular flexibility index (Phi) is 5.48. The van der Waals surface area contributed by atoms with E-state index in [2.05, 4.69) is 45.1 Å². The van der Waals surface area contributed by atoms with Crippen molar-refractivity contribution in [1.29, 1.82) is 0 Å². The zero-order chi connectivity index (χ0) is 18.9. The second kappa shape index (κ2) is 7.34. The number of phosphoric acid groups is 1. The van der Waals surface area contributed by atoms with Gasteiger partial charge in [-0.1, -0.05) is 57.6 Å². The molecule has 1 aliphatic carbocycles. The van der Waals surface area contributed by atoms with Gasteiger partial charge in [-0.05, 0) is 54.4 Å². The zero-order valence-corrected chi connectivity index (χ0v) is 17.1. The van der Waals surface area contributed by atoms with E-state index in [1.165, 1.54) is 11.1 Å². The van der Waals surface area contributed by atoms with Crippen LogP contribution in [-0.2, 0) is 28.4 Å². The molecule has 0 saturated heterocycles. The monoisotopic (exact) mass is 376 g/mol. The molecule has 2 unspecified atom stereocenters. The lowest BCUT2D eigenvalue weighted by atomic mass is 9.77. The van der Waals surface area contributed by atoms with Crippen LogP contribution in [0.15, 0.2) is 35.4 Å². The third-order valence-electron chi connectivity index (χ3n) is 5.49. The second-order valence-corrected chi connectivity index (χ2v) is 8.43. The molecule has 0 saturated carbocycles. The average molecular weight is 376 g/mol. The normalized spacial score (nSPS) is 28.0. The number of allylic oxidation sites excluding steroid dienone is 2. The molecule has 1 heterocycles. The molecule has 26 heavy (non-hydrogen) atoms. The summed E-state index contributed by atoms with van der Waals surface area (Å²) < 4.78 is 24.2. The number of rotatable bonds is 4. The van der Waals surface area contributed by atoms with Crippen LogP contribution in [0.3, 0.4) is 0 Å². The first-order valence-electron chi connectivity index (χ1n) is 9.64. The van der Waals surface area contributed by atoms with E-state index in [1.54, 1.807) is 0 Å². The van der Waals surface area contributed by atoms with Gasteiger partial charge in [-0.25, -0.2) is 4.57 Å². The van der Waals surface area contributed by atoms with Gasteiger partial charge in [-0.3, -0.25) is 9.42 Å². The molecule has 1 aliphatic heterocycles. The topological polar surface area (TPSA) is 55.8 Å². The highest BCUT2D eigenvalue weighted by molar-refractivity contribution is 7.47. The summed E-state index contributed by atoms with van der Waals surface area (Å²) in [5.74, 6) is 0.535. The summed E-state index contributed by atoms with van der Waals surface area (Å²) in [6.45, 7) is 8.36. The van der Waals surface area contributed by atoms with Crippen molar-refractivity contribution in [2.45, 2.75) is 71.8 Å². The van der Waals surface area contributed by atoms with Crippen LogP contribution in [0.5, 0.6) is 5.75 Å². The Morgan fingerprint density at radius 2 is 1.88 bits per heavy atom. The molecule has 4 nitrogen and oxygen atoms in total. The van der Waals surface area contributed by atoms with Crippen LogP contribution < -0.4 is 4.52 Å². The van der Waals surface area contributed by atoms with Crippen molar-refractivity contribution in [3.63, 3.8) is 0 Å². The molecule has 1 N–H and O–H groups in total. The Morgan fingerprint density at radius 3 is 2.50 bits per heavy atom. The summed E-state index contributed by atoms with van der Waals surface area (Å²) in [5.41, 5.74) is 4.68. The van der Waals surface area contributed by atoms with Gasteiger partial charge in [0.15, 0.2) is 0 Å². The standard InChI is InChI=1S/C21H29O4P/c1-5-15-9-10-21(19(8-4)13-15)14-18-12-16(6-2)11-17(7-3)20(18)24-26(22,23)25-21/h9,11-13H,5-8,10,14H2,1-4H3,(H,22,23). The number of hydrogen-bond acceptors (Lipinski definition) is 3. The van der Waals surface area contributed by atoms with Crippen LogP contribution in [0.4, 0.5) is 0 Å². The van der Waals surface area contributed by atoms with Crippen molar-refractivity contribution in [3.05, 3.63) is 52.1 Å². The summed E-state index contributed by atoms with van der Waals surface area (Å²) in [4.78, 5) is 10.5. The minimum atomic E-state index is -4.21. The van der Waals surface area contributed by atoms with Crippen molar-refractivity contribution in [2.75, 3.05) is 0 Å². The fraction of sp³-hybridized carbons (Fsp3) is 0.524. The molecule has 0 fully saturated rings. The van der Waals surface area contributed by atoms with Gasteiger partial charge in [0.2, 0.25) is 0 Å². The van der Waals surface area contributed by atoms with Crippen LogP contribution in [0.2, 0.25) is 0 Å². The molecular weight excluding hydrogens is 347 g/mol. The molecule has 0 aromatic heterocycles. The SMILES string of the molecule is CCC1=CCC2(Cc3cc(CC)cc(CC)c3OP(=O)(O)O2)C(CC)=C1. The van der Waals surface area contributed by atoms with E-state index in [4.69, 9.17) is 9.05 Å². The Labute approximate surface area is 156 Å². The molecule has 5 heteroatoms. The number of hydrogen-bond donors (Lipinski definition) is 1. The molecular formula is C21H29O4P. The van der Waals surface area contributed by atoms with Gasteiger partial charge in [-0.2, -0.15) is 0 Å². The van der Waals surface area contributed by atoms with Crippen LogP contribution in [0, 0.1) is 0 Å². The summed E-state index contributed by atoms with van der Waals surface area (Å²) in [6.07, 6.45) is 8.82. The summed E-state index contributed by atoms with van der Waals surface area (Å²) in [5, 5.41) is 0. The first kappa shape index (κ1) is 19.4. The van der Waals surface area contributed by atoms with Gasteiger partial charge in [0.25, 0.3) is 0 Å². The van der Waals surface area contributed by atoms with E-state index in [0.717, 1.165) is 42.4 Å². The highest BCUT2D eigenvalue weighted by Crippen LogP contribution is 2.57. The second-order valence-electron chi connectivity index (χ2n) is 7.13. The van der Waals surface area contributed by atoms with Crippen LogP contribution >= 0.6 is 7.82 Å². The van der Waals surface area contributed by atoms with Crippen molar-refractivity contribution in [1.82, 2.24) is 0 Å². The number of phosphoric ester groups is 1. The highest BCUT2D eigenvalue weighted by Gasteiger charge is 2.47. The Morgan fingerprint density at radius 1 is 1.12 bits per heavy atom. The smallest absolute Gasteiger partial charge is 0.404 e. The molecule has 1 aromatic rings. The van der Waals surface area contributed by atoms with E-state index < -0.39 is 13.4 Å². The first-order valence-corrected chi connectivity index (χ1v) is 11.1. The Bertz CT molecular complexity index is 808. The summed E-state index contributed by atoms with van der Waals surface area (Å²) in [7, 11) is -4.21. The van der Waals surface area contributed by atoms with E-state index in [0.29, 0.717) is 18.6 Å². The maximum Gasteiger partial charge on any atom is 0.528 e. The van der Waals surface area contributed by atoms with E-state index in [1.807, 2.05) is 6.92 Å². The lowest BCUT2D eigenvalue weighted by molar-refractivity contribution is 0.0732. The maximum atomic E-state index is 12.8. The first-order chi connectivity index (χ1) is 12.4. The lowest BCUT2D eigenvalue weighted by Gasteiger charge is -2.36. The molecule has 142 valence electrons. The maximum absolute atomic E-state index is 12.8. The zero-order valence-electron chi connectivity index (χ0n) is 16.2. The van der Waals surface area contributed by atoms with Crippen LogP contribution in [0.1, 0.15) is 63.6 Å². The largest absolute Gasteiger partial charge is 0.528 e. The minimum Gasteiger partial charge on any atom is -0.404 e. The Balaban J connectivity index is 2.16. The Hall–Kier alpha value is -1.35. The van der Waals surface area contributed by atoms with Gasteiger partial charge >= 0.3 is 7.82 Å². The fourth-order valence-corrected chi connectivity index (χ4v) is 5.23. The summed E-state index contributed by atoms with van der Waals surface area (Å²) >= 11 is 0. The van der Waals surface area contributed by atoms with E-state index in [-0.39, 0.29) is 0 Å². The van der Waals surface area contributed by atoms with Gasteiger partial charge in [0.05, 0.1) is 0 Å².